The fraction of sp³-hybridized carbons (Fsp3) is 0.929. The van der Waals surface area contributed by atoms with Gasteiger partial charge in [0.1, 0.15) is 0 Å². The number of carbonyl (C=O) groups is 1. The van der Waals surface area contributed by atoms with Gasteiger partial charge in [0, 0.05) is 18.2 Å². The first-order valence-electron chi connectivity index (χ1n) is 7.21. The van der Waals surface area contributed by atoms with Crippen molar-refractivity contribution in [2.45, 2.75) is 58.9 Å². The van der Waals surface area contributed by atoms with E-state index < -0.39 is 0 Å². The lowest BCUT2D eigenvalue weighted by Crippen LogP contribution is -2.34. The number of thioether (sulfide) groups is 1. The van der Waals surface area contributed by atoms with Gasteiger partial charge in [0.05, 0.1) is 0 Å². The second-order valence-electron chi connectivity index (χ2n) is 4.90. The van der Waals surface area contributed by atoms with Gasteiger partial charge < -0.3 is 11.1 Å². The maximum absolute atomic E-state index is 11.8. The monoisotopic (exact) mass is 274 g/mol. The van der Waals surface area contributed by atoms with Crippen LogP contribution in [0.4, 0.5) is 0 Å². The Labute approximate surface area is 117 Å². The largest absolute Gasteiger partial charge is 0.353 e. The number of nitrogens with two attached hydrogens (primary N) is 1. The van der Waals surface area contributed by atoms with E-state index in [0.717, 1.165) is 30.9 Å². The summed E-state index contributed by atoms with van der Waals surface area (Å²) in [5.41, 5.74) is 5.60. The first-order valence-corrected chi connectivity index (χ1v) is 8.36. The van der Waals surface area contributed by atoms with E-state index in [-0.39, 0.29) is 11.9 Å². The Morgan fingerprint density at radius 3 is 2.56 bits per heavy atom. The van der Waals surface area contributed by atoms with E-state index in [4.69, 9.17) is 5.73 Å². The zero-order valence-electron chi connectivity index (χ0n) is 12.2. The number of rotatable bonds is 11. The normalized spacial score (nSPS) is 14.2. The highest BCUT2D eigenvalue weighted by molar-refractivity contribution is 7.99. The van der Waals surface area contributed by atoms with Crippen molar-refractivity contribution in [3.8, 4) is 0 Å². The van der Waals surface area contributed by atoms with Crippen LogP contribution >= 0.6 is 11.8 Å². The fourth-order valence-corrected chi connectivity index (χ4v) is 2.77. The quantitative estimate of drug-likeness (QED) is 0.609. The highest BCUT2D eigenvalue weighted by atomic mass is 32.2. The lowest BCUT2D eigenvalue weighted by molar-refractivity contribution is -0.121. The lowest BCUT2D eigenvalue weighted by atomic mass is 9.94. The van der Waals surface area contributed by atoms with E-state index in [1.54, 1.807) is 0 Å². The molecule has 0 fully saturated rings. The van der Waals surface area contributed by atoms with Crippen molar-refractivity contribution >= 4 is 17.7 Å². The molecule has 0 heterocycles. The number of amides is 1. The Morgan fingerprint density at radius 1 is 1.28 bits per heavy atom. The van der Waals surface area contributed by atoms with Gasteiger partial charge in [0.25, 0.3) is 0 Å². The van der Waals surface area contributed by atoms with Crippen molar-refractivity contribution in [3.05, 3.63) is 0 Å². The standard InChI is InChI=1S/C14H30N2OS/c1-4-6-13(9-10-15)7-8-14(17)16-12(3)11-18-5-2/h12-13H,4-11,15H2,1-3H3,(H,16,17). The smallest absolute Gasteiger partial charge is 0.220 e. The maximum atomic E-state index is 11.8. The van der Waals surface area contributed by atoms with Crippen LogP contribution < -0.4 is 11.1 Å². The first kappa shape index (κ1) is 17.8. The van der Waals surface area contributed by atoms with Crippen LogP contribution in [0.15, 0.2) is 0 Å². The van der Waals surface area contributed by atoms with Crippen LogP contribution in [0.5, 0.6) is 0 Å². The van der Waals surface area contributed by atoms with E-state index in [2.05, 4.69) is 26.1 Å². The SMILES string of the molecule is CCCC(CCN)CCC(=O)NC(C)CSCC. The summed E-state index contributed by atoms with van der Waals surface area (Å²) in [4.78, 5) is 11.8. The van der Waals surface area contributed by atoms with Crippen molar-refractivity contribution < 1.29 is 4.79 Å². The molecule has 2 atom stereocenters. The van der Waals surface area contributed by atoms with Crippen molar-refractivity contribution in [2.24, 2.45) is 11.7 Å². The molecule has 0 radical (unpaired) electrons. The molecule has 0 bridgehead atoms. The van der Waals surface area contributed by atoms with Crippen LogP contribution in [0.3, 0.4) is 0 Å². The molecule has 0 aliphatic carbocycles. The van der Waals surface area contributed by atoms with E-state index >= 15 is 0 Å². The molecule has 0 aromatic carbocycles. The van der Waals surface area contributed by atoms with E-state index in [0.29, 0.717) is 12.3 Å². The summed E-state index contributed by atoms with van der Waals surface area (Å²) in [5, 5.41) is 3.06. The zero-order chi connectivity index (χ0) is 13.8. The lowest BCUT2D eigenvalue weighted by Gasteiger charge is -2.16. The minimum atomic E-state index is 0.192. The summed E-state index contributed by atoms with van der Waals surface area (Å²) in [6, 6.07) is 0.279. The van der Waals surface area contributed by atoms with Gasteiger partial charge in [-0.2, -0.15) is 11.8 Å². The molecular formula is C14H30N2OS. The van der Waals surface area contributed by atoms with Crippen LogP contribution in [0, 0.1) is 5.92 Å². The van der Waals surface area contributed by atoms with Gasteiger partial charge in [-0.15, -0.1) is 0 Å². The molecule has 0 saturated heterocycles. The zero-order valence-corrected chi connectivity index (χ0v) is 13.0. The summed E-state index contributed by atoms with van der Waals surface area (Å²) in [6.07, 6.45) is 5.03. The van der Waals surface area contributed by atoms with Gasteiger partial charge in [-0.1, -0.05) is 26.7 Å². The van der Waals surface area contributed by atoms with E-state index in [9.17, 15) is 4.79 Å². The molecule has 0 aliphatic heterocycles. The Bertz CT molecular complexity index is 206. The minimum Gasteiger partial charge on any atom is -0.353 e. The molecule has 108 valence electrons. The molecule has 4 heteroatoms. The molecule has 0 aromatic rings. The van der Waals surface area contributed by atoms with Crippen molar-refractivity contribution in [3.63, 3.8) is 0 Å². The Morgan fingerprint density at radius 2 is 2.00 bits per heavy atom. The molecule has 0 aromatic heterocycles. The Hall–Kier alpha value is -0.220. The number of nitrogens with one attached hydrogen (secondary N) is 1. The summed E-state index contributed by atoms with van der Waals surface area (Å²) in [7, 11) is 0. The molecule has 1 amide bonds. The van der Waals surface area contributed by atoms with Gasteiger partial charge in [0.15, 0.2) is 0 Å². The highest BCUT2D eigenvalue weighted by Crippen LogP contribution is 2.16. The van der Waals surface area contributed by atoms with Gasteiger partial charge in [-0.05, 0) is 38.0 Å². The molecule has 0 aliphatic rings. The third-order valence-electron chi connectivity index (χ3n) is 3.03. The van der Waals surface area contributed by atoms with Gasteiger partial charge in [-0.25, -0.2) is 0 Å². The molecule has 18 heavy (non-hydrogen) atoms. The molecule has 0 saturated carbocycles. The molecule has 3 nitrogen and oxygen atoms in total. The molecular weight excluding hydrogens is 244 g/mol. The highest BCUT2D eigenvalue weighted by Gasteiger charge is 2.11. The van der Waals surface area contributed by atoms with Crippen molar-refractivity contribution in [1.29, 1.82) is 0 Å². The van der Waals surface area contributed by atoms with E-state index in [1.165, 1.54) is 12.8 Å². The van der Waals surface area contributed by atoms with Crippen LogP contribution in [-0.2, 0) is 4.79 Å². The van der Waals surface area contributed by atoms with Gasteiger partial charge in [-0.3, -0.25) is 4.79 Å². The van der Waals surface area contributed by atoms with Crippen molar-refractivity contribution in [2.75, 3.05) is 18.1 Å². The Balaban J connectivity index is 3.78. The average Bonchev–Trinajstić information content (AvgIpc) is 2.34. The van der Waals surface area contributed by atoms with Crippen LogP contribution in [0.2, 0.25) is 0 Å². The van der Waals surface area contributed by atoms with Gasteiger partial charge in [0.2, 0.25) is 5.91 Å². The Kier molecular flexibility index (Phi) is 11.7. The van der Waals surface area contributed by atoms with Gasteiger partial charge >= 0.3 is 0 Å². The second kappa shape index (κ2) is 11.8. The fourth-order valence-electron chi connectivity index (χ4n) is 2.10. The third kappa shape index (κ3) is 9.77. The van der Waals surface area contributed by atoms with Crippen LogP contribution in [0.25, 0.3) is 0 Å². The number of carbonyl (C=O) groups excluding carboxylic acids is 1. The summed E-state index contributed by atoms with van der Waals surface area (Å²) in [5.74, 6) is 2.92. The molecule has 2 unspecified atom stereocenters. The summed E-state index contributed by atoms with van der Waals surface area (Å²) < 4.78 is 0. The molecule has 0 spiro atoms. The average molecular weight is 274 g/mol. The number of hydrogen-bond acceptors (Lipinski definition) is 3. The van der Waals surface area contributed by atoms with Crippen LogP contribution in [-0.4, -0.2) is 30.0 Å². The summed E-state index contributed by atoms with van der Waals surface area (Å²) >= 11 is 1.87. The molecule has 0 rings (SSSR count). The number of hydrogen-bond donors (Lipinski definition) is 2. The summed E-state index contributed by atoms with van der Waals surface area (Å²) in [6.45, 7) is 7.13. The van der Waals surface area contributed by atoms with E-state index in [1.807, 2.05) is 11.8 Å². The minimum absolute atomic E-state index is 0.192. The predicted octanol–water partition coefficient (Wildman–Crippen LogP) is 2.79. The van der Waals surface area contributed by atoms with Crippen molar-refractivity contribution in [1.82, 2.24) is 5.32 Å². The third-order valence-corrected chi connectivity index (χ3v) is 4.17. The second-order valence-corrected chi connectivity index (χ2v) is 6.22. The van der Waals surface area contributed by atoms with Crippen LogP contribution in [0.1, 0.15) is 52.9 Å². The predicted molar refractivity (Wildman–Crippen MR) is 81.9 cm³/mol. The first-order chi connectivity index (χ1) is 8.63. The topological polar surface area (TPSA) is 55.1 Å². The molecule has 3 N–H and O–H groups in total. The maximum Gasteiger partial charge on any atom is 0.220 e.